The number of ether oxygens (including phenoxy) is 1. The predicted molar refractivity (Wildman–Crippen MR) is 224 cm³/mol. The molecule has 1 aliphatic carbocycles. The average Bonchev–Trinajstić information content (AvgIpc) is 3.41. The molecule has 0 saturated carbocycles. The van der Waals surface area contributed by atoms with Crippen LogP contribution >= 0.6 is 0 Å². The summed E-state index contributed by atoms with van der Waals surface area (Å²) in [6.07, 6.45) is 19.5. The number of para-hydroxylation sites is 2. The molecule has 0 radical (unpaired) electrons. The van der Waals surface area contributed by atoms with Gasteiger partial charge >= 0.3 is 0 Å². The summed E-state index contributed by atoms with van der Waals surface area (Å²) in [5.74, 6) is 2.22. The van der Waals surface area contributed by atoms with Crippen molar-refractivity contribution in [2.24, 2.45) is 10.7 Å². The molecule has 2 heterocycles. The minimum Gasteiger partial charge on any atom is -0.456 e. The van der Waals surface area contributed by atoms with Crippen LogP contribution in [0.4, 0.5) is 0 Å². The zero-order valence-electron chi connectivity index (χ0n) is 30.0. The van der Waals surface area contributed by atoms with Gasteiger partial charge in [-0.3, -0.25) is 0 Å². The van der Waals surface area contributed by atoms with E-state index in [0.29, 0.717) is 5.84 Å². The first-order chi connectivity index (χ1) is 25.6. The number of hydrogen-bond acceptors (Lipinski definition) is 2. The van der Waals surface area contributed by atoms with Gasteiger partial charge in [0.1, 0.15) is 17.3 Å². The number of aliphatic imine (C=N–C) groups is 1. The number of aromatic nitrogens is 1. The maximum absolute atomic E-state index is 6.59. The van der Waals surface area contributed by atoms with Crippen molar-refractivity contribution in [3.63, 3.8) is 0 Å². The van der Waals surface area contributed by atoms with Crippen LogP contribution < -0.4 is 10.5 Å². The third kappa shape index (κ3) is 7.82. The molecule has 0 unspecified atom stereocenters. The number of nitrogens with two attached hydrogens (primary N) is 1. The first-order valence-corrected chi connectivity index (χ1v) is 17.9. The highest BCUT2D eigenvalue weighted by Crippen LogP contribution is 2.41. The van der Waals surface area contributed by atoms with Gasteiger partial charge in [-0.25, -0.2) is 4.99 Å². The van der Waals surface area contributed by atoms with E-state index >= 15 is 0 Å². The average molecular weight is 680 g/mol. The standard InChI is InChI=1S/C42H33N3O.C4H6.C2H6/c43-42(31-15-5-2-6-16-31)44-37(25-22-29-12-3-1-4-13-29)32-17-11-18-34(26-32)45-38-20-9-8-19-35(38)36-28-41-33(27-39(36)45)24-23-30-14-7-10-21-40(30)46-41;1-3-4-2;1-2/h2-3,5-21,23-28H,1,4,22H2,(H2,43,44);3-4H,1-2H2;1-2H3/b37-25-;;. The van der Waals surface area contributed by atoms with E-state index in [1.54, 1.807) is 12.2 Å². The summed E-state index contributed by atoms with van der Waals surface area (Å²) in [6.45, 7) is 10.7. The molecule has 52 heavy (non-hydrogen) atoms. The number of amidine groups is 1. The SMILES string of the molecule is C=CC=C.CC.NC(=N/C(=C\CC1=CCCC=C1)c1cccc(-n2c3ccccc3c3cc4c(cc32)C=Cc2ccccc2O4)c1)c1ccccc1. The van der Waals surface area contributed by atoms with Crippen LogP contribution in [0.25, 0.3) is 45.3 Å². The maximum atomic E-state index is 6.59. The molecule has 1 aromatic heterocycles. The molecule has 2 aliphatic rings. The highest BCUT2D eigenvalue weighted by molar-refractivity contribution is 6.11. The van der Waals surface area contributed by atoms with Gasteiger partial charge in [-0.15, -0.1) is 0 Å². The largest absolute Gasteiger partial charge is 0.456 e. The van der Waals surface area contributed by atoms with Gasteiger partial charge in [-0.2, -0.15) is 0 Å². The Balaban J connectivity index is 0.000000726. The Kier molecular flexibility index (Phi) is 11.6. The van der Waals surface area contributed by atoms with Crippen molar-refractivity contribution in [1.29, 1.82) is 0 Å². The molecular weight excluding hydrogens is 635 g/mol. The van der Waals surface area contributed by atoms with Crippen molar-refractivity contribution in [3.05, 3.63) is 193 Å². The van der Waals surface area contributed by atoms with Crippen molar-refractivity contribution in [2.75, 3.05) is 0 Å². The van der Waals surface area contributed by atoms with Crippen molar-refractivity contribution >= 4 is 45.5 Å². The summed E-state index contributed by atoms with van der Waals surface area (Å²) in [6, 6.07) is 39.7. The Morgan fingerprint density at radius 2 is 1.44 bits per heavy atom. The van der Waals surface area contributed by atoms with Crippen LogP contribution in [0.2, 0.25) is 0 Å². The van der Waals surface area contributed by atoms with Gasteiger partial charge in [0.25, 0.3) is 0 Å². The van der Waals surface area contributed by atoms with Gasteiger partial charge in [0.15, 0.2) is 0 Å². The lowest BCUT2D eigenvalue weighted by Gasteiger charge is -2.13. The molecule has 0 amide bonds. The molecule has 2 N–H and O–H groups in total. The molecule has 4 nitrogen and oxygen atoms in total. The second-order valence-corrected chi connectivity index (χ2v) is 12.2. The van der Waals surface area contributed by atoms with Gasteiger partial charge < -0.3 is 15.0 Å². The Hall–Kier alpha value is -6.39. The molecule has 0 fully saturated rings. The molecule has 0 spiro atoms. The number of benzene rings is 5. The molecule has 0 atom stereocenters. The quantitative estimate of drug-likeness (QED) is 0.104. The smallest absolute Gasteiger partial charge is 0.135 e. The van der Waals surface area contributed by atoms with Gasteiger partial charge in [0.2, 0.25) is 0 Å². The van der Waals surface area contributed by atoms with Crippen LogP contribution in [0, 0.1) is 0 Å². The summed E-state index contributed by atoms with van der Waals surface area (Å²) in [7, 11) is 0. The third-order valence-electron chi connectivity index (χ3n) is 8.87. The molecule has 4 heteroatoms. The Labute approximate surface area is 307 Å². The predicted octanol–water partition coefficient (Wildman–Crippen LogP) is 12.9. The minimum atomic E-state index is 0.498. The molecule has 258 valence electrons. The van der Waals surface area contributed by atoms with E-state index in [0.717, 1.165) is 80.8 Å². The van der Waals surface area contributed by atoms with Gasteiger partial charge in [0.05, 0.1) is 16.7 Å². The van der Waals surface area contributed by atoms with Crippen LogP contribution in [-0.4, -0.2) is 10.4 Å². The Morgan fingerprint density at radius 3 is 2.23 bits per heavy atom. The molecule has 5 aromatic carbocycles. The second-order valence-electron chi connectivity index (χ2n) is 12.2. The maximum Gasteiger partial charge on any atom is 0.135 e. The van der Waals surface area contributed by atoms with Gasteiger partial charge in [-0.1, -0.05) is 154 Å². The van der Waals surface area contributed by atoms with Crippen molar-refractivity contribution in [1.82, 2.24) is 4.57 Å². The molecule has 0 saturated heterocycles. The fourth-order valence-electron chi connectivity index (χ4n) is 6.39. The lowest BCUT2D eigenvalue weighted by Crippen LogP contribution is -2.13. The third-order valence-corrected chi connectivity index (χ3v) is 8.87. The number of nitrogens with zero attached hydrogens (tertiary/aromatic N) is 2. The summed E-state index contributed by atoms with van der Waals surface area (Å²) >= 11 is 0. The fraction of sp³-hybridized carbons (Fsp3) is 0.104. The Morgan fingerprint density at radius 1 is 0.712 bits per heavy atom. The van der Waals surface area contributed by atoms with Gasteiger partial charge in [0, 0.05) is 38.7 Å². The number of allylic oxidation sites excluding steroid dienone is 7. The Bertz CT molecular complexity index is 2360. The molecule has 6 aromatic rings. The first kappa shape index (κ1) is 35.4. The molecule has 0 bridgehead atoms. The number of rotatable bonds is 7. The van der Waals surface area contributed by atoms with Crippen LogP contribution in [-0.2, 0) is 0 Å². The molecule has 1 aliphatic heterocycles. The van der Waals surface area contributed by atoms with Crippen LogP contribution in [0.3, 0.4) is 0 Å². The van der Waals surface area contributed by atoms with E-state index in [9.17, 15) is 0 Å². The number of hydrogen-bond donors (Lipinski definition) is 1. The first-order valence-electron chi connectivity index (χ1n) is 17.9. The van der Waals surface area contributed by atoms with E-state index in [1.807, 2.05) is 62.4 Å². The van der Waals surface area contributed by atoms with E-state index in [4.69, 9.17) is 15.5 Å². The van der Waals surface area contributed by atoms with Crippen LogP contribution in [0.5, 0.6) is 11.5 Å². The fourth-order valence-corrected chi connectivity index (χ4v) is 6.39. The molecule has 8 rings (SSSR count). The summed E-state index contributed by atoms with van der Waals surface area (Å²) in [5, 5.41) is 2.32. The van der Waals surface area contributed by atoms with E-state index in [1.165, 1.54) is 11.0 Å². The van der Waals surface area contributed by atoms with E-state index < -0.39 is 0 Å². The highest BCUT2D eigenvalue weighted by atomic mass is 16.5. The lowest BCUT2D eigenvalue weighted by atomic mass is 10.0. The summed E-state index contributed by atoms with van der Waals surface area (Å²) in [5.41, 5.74) is 16.1. The molecular formula is C48H45N3O. The topological polar surface area (TPSA) is 52.5 Å². The minimum absolute atomic E-state index is 0.498. The highest BCUT2D eigenvalue weighted by Gasteiger charge is 2.18. The zero-order valence-corrected chi connectivity index (χ0v) is 30.0. The van der Waals surface area contributed by atoms with Crippen LogP contribution in [0.15, 0.2) is 175 Å². The number of fused-ring (bicyclic) bond motifs is 5. The van der Waals surface area contributed by atoms with Crippen molar-refractivity contribution < 1.29 is 4.74 Å². The summed E-state index contributed by atoms with van der Waals surface area (Å²) < 4.78 is 8.80. The zero-order chi connectivity index (χ0) is 36.3. The second kappa shape index (κ2) is 17.0. The normalized spacial score (nSPS) is 13.3. The van der Waals surface area contributed by atoms with E-state index in [-0.39, 0.29) is 0 Å². The van der Waals surface area contributed by atoms with Crippen LogP contribution in [0.1, 0.15) is 55.4 Å². The van der Waals surface area contributed by atoms with Gasteiger partial charge in [-0.05, 0) is 61.2 Å². The monoisotopic (exact) mass is 679 g/mol. The summed E-state index contributed by atoms with van der Waals surface area (Å²) in [4.78, 5) is 5.01. The van der Waals surface area contributed by atoms with E-state index in [2.05, 4.69) is 121 Å². The lowest BCUT2D eigenvalue weighted by molar-refractivity contribution is 0.482. The van der Waals surface area contributed by atoms with Crippen molar-refractivity contribution in [2.45, 2.75) is 33.1 Å². The van der Waals surface area contributed by atoms with Crippen molar-refractivity contribution in [3.8, 4) is 17.2 Å².